The lowest BCUT2D eigenvalue weighted by Crippen LogP contribution is -2.22. The van der Waals surface area contributed by atoms with Crippen molar-refractivity contribution in [2.75, 3.05) is 11.9 Å². The molecule has 0 spiro atoms. The molecule has 2 heterocycles. The number of pyridine rings is 1. The molecule has 3 rings (SSSR count). The second-order valence-corrected chi connectivity index (χ2v) is 5.48. The van der Waals surface area contributed by atoms with Crippen LogP contribution in [0.25, 0.3) is 5.82 Å². The third-order valence-electron chi connectivity index (χ3n) is 3.87. The van der Waals surface area contributed by atoms with Gasteiger partial charge in [0.2, 0.25) is 5.91 Å². The first-order chi connectivity index (χ1) is 10.7. The van der Waals surface area contributed by atoms with Crippen LogP contribution in [-0.4, -0.2) is 33.2 Å². The number of amides is 1. The molecular formula is C16H20N4O2. The number of anilines is 1. The van der Waals surface area contributed by atoms with Crippen LogP contribution in [-0.2, 0) is 9.53 Å². The van der Waals surface area contributed by atoms with E-state index in [9.17, 15) is 4.79 Å². The summed E-state index contributed by atoms with van der Waals surface area (Å²) < 4.78 is 7.48. The number of nitrogens with zero attached hydrogens (tertiary/aromatic N) is 3. The molecule has 0 atom stereocenters. The molecule has 0 bridgehead atoms. The summed E-state index contributed by atoms with van der Waals surface area (Å²) in [6.45, 7) is 1.98. The van der Waals surface area contributed by atoms with Gasteiger partial charge in [0.05, 0.1) is 11.8 Å². The van der Waals surface area contributed by atoms with Crippen LogP contribution in [0.5, 0.6) is 0 Å². The number of carbonyl (C=O) groups excluding carboxylic acids is 1. The predicted molar refractivity (Wildman–Crippen MR) is 82.9 cm³/mol. The lowest BCUT2D eigenvalue weighted by atomic mass is 10.3. The monoisotopic (exact) mass is 300 g/mol. The predicted octanol–water partition coefficient (Wildman–Crippen LogP) is 2.47. The van der Waals surface area contributed by atoms with Crippen molar-refractivity contribution in [1.29, 1.82) is 0 Å². The van der Waals surface area contributed by atoms with Gasteiger partial charge in [0.25, 0.3) is 0 Å². The van der Waals surface area contributed by atoms with Gasteiger partial charge in [-0.2, -0.15) is 0 Å². The van der Waals surface area contributed by atoms with Gasteiger partial charge in [-0.25, -0.2) is 9.97 Å². The Balaban J connectivity index is 1.67. The van der Waals surface area contributed by atoms with Crippen LogP contribution in [0.15, 0.2) is 30.7 Å². The van der Waals surface area contributed by atoms with E-state index in [4.69, 9.17) is 4.74 Å². The standard InChI is InChI=1S/C16H20N4O2/c1-12-17-9-10-20(12)16-14(7-4-8-18-16)19-15(21)11-22-13-5-2-3-6-13/h4,7-10,13H,2-3,5-6,11H2,1H3,(H,19,21). The average Bonchev–Trinajstić information content (AvgIpc) is 3.17. The average molecular weight is 300 g/mol. The molecule has 1 aliphatic carbocycles. The molecule has 2 aromatic rings. The normalized spacial score (nSPS) is 15.1. The molecule has 1 aliphatic rings. The number of carbonyl (C=O) groups is 1. The second kappa shape index (κ2) is 6.70. The fourth-order valence-corrected chi connectivity index (χ4v) is 2.72. The van der Waals surface area contributed by atoms with Gasteiger partial charge in [-0.1, -0.05) is 12.8 Å². The molecule has 0 aromatic carbocycles. The van der Waals surface area contributed by atoms with Gasteiger partial charge in [0, 0.05) is 18.6 Å². The number of aryl methyl sites for hydroxylation is 1. The lowest BCUT2D eigenvalue weighted by molar-refractivity contribution is -0.122. The summed E-state index contributed by atoms with van der Waals surface area (Å²) in [6, 6.07) is 3.62. The smallest absolute Gasteiger partial charge is 0.250 e. The van der Waals surface area contributed by atoms with Crippen molar-refractivity contribution in [3.05, 3.63) is 36.5 Å². The van der Waals surface area contributed by atoms with Crippen LogP contribution in [0, 0.1) is 6.92 Å². The Morgan fingerprint density at radius 2 is 2.18 bits per heavy atom. The van der Waals surface area contributed by atoms with Gasteiger partial charge in [-0.05, 0) is 31.9 Å². The van der Waals surface area contributed by atoms with E-state index in [2.05, 4.69) is 15.3 Å². The molecule has 0 aliphatic heterocycles. The van der Waals surface area contributed by atoms with Crippen molar-refractivity contribution in [2.45, 2.75) is 38.7 Å². The van der Waals surface area contributed by atoms with Crippen LogP contribution in [0.2, 0.25) is 0 Å². The van der Waals surface area contributed by atoms with Gasteiger partial charge in [0.1, 0.15) is 12.4 Å². The van der Waals surface area contributed by atoms with E-state index in [1.165, 1.54) is 12.8 Å². The van der Waals surface area contributed by atoms with Crippen molar-refractivity contribution >= 4 is 11.6 Å². The highest BCUT2D eigenvalue weighted by Crippen LogP contribution is 2.21. The zero-order chi connectivity index (χ0) is 15.4. The number of aromatic nitrogens is 3. The van der Waals surface area contributed by atoms with Crippen LogP contribution in [0.4, 0.5) is 5.69 Å². The van der Waals surface area contributed by atoms with Crippen molar-refractivity contribution in [3.63, 3.8) is 0 Å². The number of ether oxygens (including phenoxy) is 1. The molecule has 1 fully saturated rings. The van der Waals surface area contributed by atoms with E-state index in [0.717, 1.165) is 18.7 Å². The minimum Gasteiger partial charge on any atom is -0.368 e. The largest absolute Gasteiger partial charge is 0.368 e. The third kappa shape index (κ3) is 3.33. The Morgan fingerprint density at radius 3 is 2.91 bits per heavy atom. The molecule has 1 saturated carbocycles. The molecule has 22 heavy (non-hydrogen) atoms. The summed E-state index contributed by atoms with van der Waals surface area (Å²) in [5.74, 6) is 1.32. The van der Waals surface area contributed by atoms with Gasteiger partial charge in [-0.3, -0.25) is 9.36 Å². The molecule has 116 valence electrons. The molecule has 0 radical (unpaired) electrons. The first-order valence-corrected chi connectivity index (χ1v) is 7.61. The second-order valence-electron chi connectivity index (χ2n) is 5.48. The van der Waals surface area contributed by atoms with E-state index < -0.39 is 0 Å². The van der Waals surface area contributed by atoms with E-state index in [1.54, 1.807) is 18.5 Å². The zero-order valence-corrected chi connectivity index (χ0v) is 12.7. The minimum absolute atomic E-state index is 0.0852. The maximum atomic E-state index is 12.1. The highest BCUT2D eigenvalue weighted by atomic mass is 16.5. The zero-order valence-electron chi connectivity index (χ0n) is 12.7. The lowest BCUT2D eigenvalue weighted by Gasteiger charge is -2.13. The summed E-state index contributed by atoms with van der Waals surface area (Å²) in [4.78, 5) is 20.6. The van der Waals surface area contributed by atoms with E-state index in [1.807, 2.05) is 23.8 Å². The Bertz CT molecular complexity index is 647. The van der Waals surface area contributed by atoms with Gasteiger partial charge < -0.3 is 10.1 Å². The van der Waals surface area contributed by atoms with Crippen LogP contribution in [0.1, 0.15) is 31.5 Å². The summed E-state index contributed by atoms with van der Waals surface area (Å²) in [5, 5.41) is 2.87. The molecular weight excluding hydrogens is 280 g/mol. The van der Waals surface area contributed by atoms with Gasteiger partial charge >= 0.3 is 0 Å². The van der Waals surface area contributed by atoms with Gasteiger partial charge in [-0.15, -0.1) is 0 Å². The van der Waals surface area contributed by atoms with Crippen LogP contribution < -0.4 is 5.32 Å². The van der Waals surface area contributed by atoms with Crippen molar-refractivity contribution in [3.8, 4) is 5.82 Å². The topological polar surface area (TPSA) is 69.0 Å². The molecule has 0 unspecified atom stereocenters. The SMILES string of the molecule is Cc1nccn1-c1ncccc1NC(=O)COC1CCCC1. The fraction of sp³-hybridized carbons (Fsp3) is 0.438. The Kier molecular flexibility index (Phi) is 4.48. The highest BCUT2D eigenvalue weighted by Gasteiger charge is 2.17. The molecule has 6 heteroatoms. The van der Waals surface area contributed by atoms with Crippen molar-refractivity contribution in [2.24, 2.45) is 0 Å². The Labute approximate surface area is 129 Å². The number of imidazole rings is 1. The van der Waals surface area contributed by atoms with E-state index >= 15 is 0 Å². The first kappa shape index (κ1) is 14.7. The summed E-state index contributed by atoms with van der Waals surface area (Å²) in [6.07, 6.45) is 9.95. The summed E-state index contributed by atoms with van der Waals surface area (Å²) in [5.41, 5.74) is 0.656. The molecule has 1 amide bonds. The van der Waals surface area contributed by atoms with Crippen molar-refractivity contribution < 1.29 is 9.53 Å². The summed E-state index contributed by atoms with van der Waals surface area (Å²) >= 11 is 0. The summed E-state index contributed by atoms with van der Waals surface area (Å²) in [7, 11) is 0. The number of hydrogen-bond acceptors (Lipinski definition) is 4. The van der Waals surface area contributed by atoms with Gasteiger partial charge in [0.15, 0.2) is 5.82 Å². The fourth-order valence-electron chi connectivity index (χ4n) is 2.72. The maximum Gasteiger partial charge on any atom is 0.250 e. The Morgan fingerprint density at radius 1 is 1.36 bits per heavy atom. The number of hydrogen-bond donors (Lipinski definition) is 1. The number of rotatable bonds is 5. The first-order valence-electron chi connectivity index (χ1n) is 7.61. The van der Waals surface area contributed by atoms with E-state index in [0.29, 0.717) is 11.5 Å². The van der Waals surface area contributed by atoms with E-state index in [-0.39, 0.29) is 18.6 Å². The Hall–Kier alpha value is -2.21. The number of nitrogens with one attached hydrogen (secondary N) is 1. The minimum atomic E-state index is -0.154. The molecule has 0 saturated heterocycles. The third-order valence-corrected chi connectivity index (χ3v) is 3.87. The molecule has 2 aromatic heterocycles. The van der Waals surface area contributed by atoms with Crippen LogP contribution in [0.3, 0.4) is 0 Å². The quantitative estimate of drug-likeness (QED) is 0.921. The van der Waals surface area contributed by atoms with Crippen LogP contribution >= 0.6 is 0 Å². The molecule has 6 nitrogen and oxygen atoms in total. The van der Waals surface area contributed by atoms with Crippen molar-refractivity contribution in [1.82, 2.24) is 14.5 Å². The highest BCUT2D eigenvalue weighted by molar-refractivity contribution is 5.93. The maximum absolute atomic E-state index is 12.1. The molecule has 1 N–H and O–H groups in total.